The Kier molecular flexibility index (Phi) is 4.75. The highest BCUT2D eigenvalue weighted by molar-refractivity contribution is 8.00. The van der Waals surface area contributed by atoms with Crippen LogP contribution in [0.25, 0.3) is 0 Å². The molecule has 1 aliphatic carbocycles. The molecule has 0 heterocycles. The Morgan fingerprint density at radius 3 is 2.30 bits per heavy atom. The summed E-state index contributed by atoms with van der Waals surface area (Å²) in [7, 11) is -2.51. The van der Waals surface area contributed by atoms with E-state index >= 15 is 0 Å². The fourth-order valence-corrected chi connectivity index (χ4v) is 3.59. The summed E-state index contributed by atoms with van der Waals surface area (Å²) in [5.41, 5.74) is 2.28. The van der Waals surface area contributed by atoms with E-state index in [0.717, 1.165) is 5.56 Å². The molecule has 1 atom stereocenters. The van der Waals surface area contributed by atoms with E-state index in [1.807, 2.05) is 6.92 Å². The molecule has 6 heteroatoms. The number of hydrogen-bond acceptors (Lipinski definition) is 4. The fourth-order valence-electron chi connectivity index (χ4n) is 2.84. The number of anilines is 1. The van der Waals surface area contributed by atoms with Crippen molar-refractivity contribution < 1.29 is 18.6 Å². The summed E-state index contributed by atoms with van der Waals surface area (Å²) in [4.78, 5) is 36.7. The predicted molar refractivity (Wildman–Crippen MR) is 92.4 cm³/mol. The smallest absolute Gasteiger partial charge is 0.181 e. The van der Waals surface area contributed by atoms with Gasteiger partial charge in [0.1, 0.15) is 5.92 Å². The van der Waals surface area contributed by atoms with Gasteiger partial charge in [0.2, 0.25) is 0 Å². The van der Waals surface area contributed by atoms with E-state index in [2.05, 4.69) is 10.6 Å². The van der Waals surface area contributed by atoms with Crippen LogP contribution in [0.5, 0.6) is 0 Å². The Hall–Kier alpha value is -1.95. The molecule has 1 aliphatic rings. The molecule has 1 fully saturated rings. The van der Waals surface area contributed by atoms with Crippen LogP contribution < -0.4 is 4.72 Å². The molecule has 2 rings (SSSR count). The van der Waals surface area contributed by atoms with Crippen molar-refractivity contribution in [2.24, 2.45) is 5.92 Å². The van der Waals surface area contributed by atoms with Crippen LogP contribution >= 0.6 is 0 Å². The number of benzene rings is 1. The van der Waals surface area contributed by atoms with E-state index in [1.54, 1.807) is 19.1 Å². The van der Waals surface area contributed by atoms with Crippen molar-refractivity contribution >= 4 is 38.6 Å². The van der Waals surface area contributed by atoms with Gasteiger partial charge in [-0.25, -0.2) is 4.21 Å². The highest BCUT2D eigenvalue weighted by atomic mass is 32.2. The summed E-state index contributed by atoms with van der Waals surface area (Å²) in [6, 6.07) is 3.33. The Bertz CT molecular complexity index is 777. The van der Waals surface area contributed by atoms with Crippen molar-refractivity contribution in [1.29, 1.82) is 0 Å². The molecule has 1 unspecified atom stereocenters. The third kappa shape index (κ3) is 3.69. The minimum atomic E-state index is -2.51. The lowest BCUT2D eigenvalue weighted by Crippen LogP contribution is -2.35. The van der Waals surface area contributed by atoms with Gasteiger partial charge in [0, 0.05) is 34.4 Å². The van der Waals surface area contributed by atoms with Crippen LogP contribution in [0.15, 0.2) is 12.1 Å². The first-order valence-corrected chi connectivity index (χ1v) is 9.55. The average molecular weight is 335 g/mol. The first-order valence-electron chi connectivity index (χ1n) is 7.41. The van der Waals surface area contributed by atoms with Crippen LogP contribution in [0.4, 0.5) is 5.69 Å². The molecule has 5 nitrogen and oxygen atoms in total. The molecule has 0 amide bonds. The van der Waals surface area contributed by atoms with Gasteiger partial charge < -0.3 is 4.72 Å². The second kappa shape index (κ2) is 6.28. The zero-order valence-corrected chi connectivity index (χ0v) is 14.4. The Balaban J connectivity index is 2.47. The fraction of sp³-hybridized carbons (Fsp3) is 0.412. The zero-order chi connectivity index (χ0) is 17.4. The van der Waals surface area contributed by atoms with Crippen LogP contribution in [0.3, 0.4) is 0 Å². The van der Waals surface area contributed by atoms with Crippen molar-refractivity contribution in [1.82, 2.24) is 0 Å². The standard InChI is InChI=1S/C17H21NO4S/c1-10-8-9-12(11(2)16(10)18-23(3,4)22)17(21)15-13(19)6-5-7-14(15)20/h8-9,15H,3,5-7H2,1-2,4H3,(H,18,22). The lowest BCUT2D eigenvalue weighted by Gasteiger charge is -2.21. The molecular formula is C17H21NO4S. The molecule has 0 bridgehead atoms. The second-order valence-corrected chi connectivity index (χ2v) is 8.33. The number of ketones is 3. The van der Waals surface area contributed by atoms with Crippen molar-refractivity contribution in [3.8, 4) is 0 Å². The highest BCUT2D eigenvalue weighted by Crippen LogP contribution is 2.29. The topological polar surface area (TPSA) is 80.3 Å². The summed E-state index contributed by atoms with van der Waals surface area (Å²) < 4.78 is 14.8. The molecule has 1 saturated carbocycles. The zero-order valence-electron chi connectivity index (χ0n) is 13.6. The van der Waals surface area contributed by atoms with Crippen LogP contribution in [-0.4, -0.2) is 33.7 Å². The van der Waals surface area contributed by atoms with Gasteiger partial charge in [-0.3, -0.25) is 14.4 Å². The first kappa shape index (κ1) is 17.4. The van der Waals surface area contributed by atoms with Gasteiger partial charge in [0.15, 0.2) is 17.3 Å². The molecular weight excluding hydrogens is 314 g/mol. The average Bonchev–Trinajstić information content (AvgIpc) is 2.42. The van der Waals surface area contributed by atoms with Crippen molar-refractivity contribution in [3.05, 3.63) is 28.8 Å². The van der Waals surface area contributed by atoms with E-state index in [0.29, 0.717) is 23.2 Å². The molecule has 0 saturated heterocycles. The third-order valence-electron chi connectivity index (χ3n) is 4.01. The molecule has 0 spiro atoms. The SMILES string of the molecule is C=S(C)(=O)Nc1c(C)ccc(C(=O)C2C(=O)CCCC2=O)c1C. The number of carbonyl (C=O) groups is 3. The van der Waals surface area contributed by atoms with E-state index in [9.17, 15) is 18.6 Å². The van der Waals surface area contributed by atoms with Crippen LogP contribution in [-0.2, 0) is 19.3 Å². The number of rotatable bonds is 4. The van der Waals surface area contributed by atoms with Crippen molar-refractivity contribution in [3.63, 3.8) is 0 Å². The Labute approximate surface area is 136 Å². The maximum atomic E-state index is 12.7. The third-order valence-corrected chi connectivity index (χ3v) is 4.65. The van der Waals surface area contributed by atoms with Gasteiger partial charge in [-0.15, -0.1) is 0 Å². The molecule has 0 radical (unpaired) electrons. The van der Waals surface area contributed by atoms with E-state index in [-0.39, 0.29) is 24.4 Å². The predicted octanol–water partition coefficient (Wildman–Crippen LogP) is 2.10. The molecule has 0 aromatic heterocycles. The number of aryl methyl sites for hydroxylation is 1. The van der Waals surface area contributed by atoms with Gasteiger partial charge in [-0.1, -0.05) is 12.1 Å². The maximum Gasteiger partial charge on any atom is 0.181 e. The van der Waals surface area contributed by atoms with Gasteiger partial charge in [0.05, 0.1) is 5.69 Å². The molecule has 0 aliphatic heterocycles. The quantitative estimate of drug-likeness (QED) is 0.519. The molecule has 1 aromatic carbocycles. The first-order chi connectivity index (χ1) is 10.6. The number of carbonyl (C=O) groups excluding carboxylic acids is 3. The minimum Gasteiger partial charge on any atom is -0.313 e. The van der Waals surface area contributed by atoms with E-state index < -0.39 is 21.4 Å². The Morgan fingerprint density at radius 1 is 1.22 bits per heavy atom. The van der Waals surface area contributed by atoms with E-state index in [4.69, 9.17) is 0 Å². The van der Waals surface area contributed by atoms with Crippen LogP contribution in [0.2, 0.25) is 0 Å². The van der Waals surface area contributed by atoms with Crippen LogP contribution in [0, 0.1) is 19.8 Å². The molecule has 124 valence electrons. The van der Waals surface area contributed by atoms with Gasteiger partial charge in [0.25, 0.3) is 0 Å². The summed E-state index contributed by atoms with van der Waals surface area (Å²) in [6.07, 6.45) is 2.51. The number of nitrogens with one attached hydrogen (secondary N) is 1. The summed E-state index contributed by atoms with van der Waals surface area (Å²) in [6.45, 7) is 3.54. The van der Waals surface area contributed by atoms with Gasteiger partial charge >= 0.3 is 0 Å². The minimum absolute atomic E-state index is 0.264. The lowest BCUT2D eigenvalue weighted by molar-refractivity contribution is -0.133. The van der Waals surface area contributed by atoms with Gasteiger partial charge in [-0.05, 0) is 37.3 Å². The molecule has 1 N–H and O–H groups in total. The highest BCUT2D eigenvalue weighted by Gasteiger charge is 2.37. The summed E-state index contributed by atoms with van der Waals surface area (Å²) >= 11 is 0. The van der Waals surface area contributed by atoms with Gasteiger partial charge in [-0.2, -0.15) is 0 Å². The van der Waals surface area contributed by atoms with Crippen LogP contribution in [0.1, 0.15) is 40.7 Å². The monoisotopic (exact) mass is 335 g/mol. The second-order valence-electron chi connectivity index (χ2n) is 6.12. The summed E-state index contributed by atoms with van der Waals surface area (Å²) in [5, 5.41) is 0. The number of Topliss-reactive ketones (excluding diaryl/α,β-unsaturated/α-hetero) is 3. The normalized spacial score (nSPS) is 18.6. The molecule has 1 aromatic rings. The summed E-state index contributed by atoms with van der Waals surface area (Å²) in [5.74, 6) is 1.29. The maximum absolute atomic E-state index is 12.7. The van der Waals surface area contributed by atoms with Crippen molar-refractivity contribution in [2.45, 2.75) is 33.1 Å². The molecule has 23 heavy (non-hydrogen) atoms. The van der Waals surface area contributed by atoms with E-state index in [1.165, 1.54) is 6.26 Å². The largest absolute Gasteiger partial charge is 0.313 e. The van der Waals surface area contributed by atoms with Crippen molar-refractivity contribution in [2.75, 3.05) is 11.0 Å². The number of hydrogen-bond donors (Lipinski definition) is 1. The lowest BCUT2D eigenvalue weighted by atomic mass is 9.80. The Morgan fingerprint density at radius 2 is 1.78 bits per heavy atom.